The van der Waals surface area contributed by atoms with Gasteiger partial charge in [0.2, 0.25) is 0 Å². The van der Waals surface area contributed by atoms with Crippen LogP contribution >= 0.6 is 11.6 Å². The van der Waals surface area contributed by atoms with Crippen molar-refractivity contribution in [3.63, 3.8) is 0 Å². The Labute approximate surface area is 111 Å². The molecule has 0 saturated heterocycles. The summed E-state index contributed by atoms with van der Waals surface area (Å²) in [6.45, 7) is 2.79. The summed E-state index contributed by atoms with van der Waals surface area (Å²) in [6.07, 6.45) is 0. The van der Waals surface area contributed by atoms with Crippen molar-refractivity contribution in [2.75, 3.05) is 40.4 Å². The molecule has 0 aromatic carbocycles. The summed E-state index contributed by atoms with van der Waals surface area (Å²) in [5.74, 6) is -0.251. The predicted octanol–water partition coefficient (Wildman–Crippen LogP) is 0.438. The third-order valence-corrected chi connectivity index (χ3v) is 2.52. The molecule has 100 valence electrons. The molecule has 0 saturated carbocycles. The highest BCUT2D eigenvalue weighted by atomic mass is 35.5. The first-order valence-electron chi connectivity index (χ1n) is 5.58. The highest BCUT2D eigenvalue weighted by Crippen LogP contribution is 2.01. The molecule has 1 N–H and O–H groups in total. The summed E-state index contributed by atoms with van der Waals surface area (Å²) in [5, 5.41) is 10.3. The molecule has 1 aromatic heterocycles. The van der Waals surface area contributed by atoms with Crippen LogP contribution in [0.2, 0.25) is 5.15 Å². The van der Waals surface area contributed by atoms with Crippen LogP contribution in [0.1, 0.15) is 10.5 Å². The van der Waals surface area contributed by atoms with E-state index in [1.54, 1.807) is 13.2 Å². The molecule has 1 amide bonds. The molecule has 1 heterocycles. The first kappa shape index (κ1) is 14.8. The number of methoxy groups -OCH3 is 1. The van der Waals surface area contributed by atoms with Crippen molar-refractivity contribution in [3.8, 4) is 0 Å². The molecule has 0 spiro atoms. The molecule has 18 heavy (non-hydrogen) atoms. The average Bonchev–Trinajstić information content (AvgIpc) is 2.37. The van der Waals surface area contributed by atoms with Gasteiger partial charge >= 0.3 is 0 Å². The maximum atomic E-state index is 11.7. The van der Waals surface area contributed by atoms with E-state index < -0.39 is 0 Å². The Bertz CT molecular complexity index is 372. The number of nitrogens with zero attached hydrogens (tertiary/aromatic N) is 3. The Morgan fingerprint density at radius 3 is 2.83 bits per heavy atom. The molecule has 0 fully saturated rings. The van der Waals surface area contributed by atoms with Gasteiger partial charge in [0.25, 0.3) is 5.91 Å². The highest BCUT2D eigenvalue weighted by molar-refractivity contribution is 6.29. The lowest BCUT2D eigenvalue weighted by molar-refractivity contribution is 0.0941. The van der Waals surface area contributed by atoms with E-state index in [1.807, 2.05) is 7.05 Å². The minimum absolute atomic E-state index is 0.251. The number of nitrogens with one attached hydrogen (secondary N) is 1. The Balaban J connectivity index is 2.27. The van der Waals surface area contributed by atoms with Gasteiger partial charge in [0.1, 0.15) is 0 Å². The van der Waals surface area contributed by atoms with Gasteiger partial charge in [-0.25, -0.2) is 0 Å². The molecule has 1 aromatic rings. The van der Waals surface area contributed by atoms with Gasteiger partial charge < -0.3 is 15.0 Å². The molecule has 0 bridgehead atoms. The van der Waals surface area contributed by atoms with E-state index >= 15 is 0 Å². The summed E-state index contributed by atoms with van der Waals surface area (Å²) in [7, 11) is 3.63. The molecule has 6 nitrogen and oxygen atoms in total. The van der Waals surface area contributed by atoms with Gasteiger partial charge in [-0.15, -0.1) is 10.2 Å². The Hall–Kier alpha value is -1.24. The van der Waals surface area contributed by atoms with E-state index in [2.05, 4.69) is 20.4 Å². The van der Waals surface area contributed by atoms with Gasteiger partial charge in [0.15, 0.2) is 10.8 Å². The van der Waals surface area contributed by atoms with Crippen LogP contribution in [0.25, 0.3) is 0 Å². The fraction of sp³-hybridized carbons (Fsp3) is 0.545. The van der Waals surface area contributed by atoms with Crippen LogP contribution in [0.15, 0.2) is 12.1 Å². The van der Waals surface area contributed by atoms with Gasteiger partial charge in [0, 0.05) is 26.7 Å². The predicted molar refractivity (Wildman–Crippen MR) is 68.7 cm³/mol. The van der Waals surface area contributed by atoms with Crippen molar-refractivity contribution in [1.82, 2.24) is 20.4 Å². The number of hydrogen-bond donors (Lipinski definition) is 1. The third kappa shape index (κ3) is 5.39. The number of carbonyl (C=O) groups excluding carboxylic acids is 1. The van der Waals surface area contributed by atoms with E-state index in [1.165, 1.54) is 6.07 Å². The molecule has 7 heteroatoms. The van der Waals surface area contributed by atoms with Crippen LogP contribution in [0.5, 0.6) is 0 Å². The van der Waals surface area contributed by atoms with Crippen molar-refractivity contribution < 1.29 is 9.53 Å². The zero-order valence-corrected chi connectivity index (χ0v) is 11.3. The normalized spacial score (nSPS) is 10.7. The van der Waals surface area contributed by atoms with Gasteiger partial charge in [-0.2, -0.15) is 0 Å². The summed E-state index contributed by atoms with van der Waals surface area (Å²) in [6, 6.07) is 3.08. The van der Waals surface area contributed by atoms with Crippen molar-refractivity contribution in [1.29, 1.82) is 0 Å². The minimum atomic E-state index is -0.251. The topological polar surface area (TPSA) is 67.3 Å². The van der Waals surface area contributed by atoms with Gasteiger partial charge in [-0.1, -0.05) is 11.6 Å². The molecular formula is C11H17ClN4O2. The number of likely N-dealkylation sites (N-methyl/N-ethyl adjacent to an activating group) is 1. The Morgan fingerprint density at radius 1 is 1.44 bits per heavy atom. The van der Waals surface area contributed by atoms with Crippen LogP contribution in [0.3, 0.4) is 0 Å². The van der Waals surface area contributed by atoms with Crippen LogP contribution in [0.4, 0.5) is 0 Å². The van der Waals surface area contributed by atoms with E-state index in [4.69, 9.17) is 16.3 Å². The molecular weight excluding hydrogens is 256 g/mol. The fourth-order valence-corrected chi connectivity index (χ4v) is 1.35. The Morgan fingerprint density at radius 2 is 2.22 bits per heavy atom. The molecule has 0 aliphatic carbocycles. The molecule has 0 atom stereocenters. The van der Waals surface area contributed by atoms with Gasteiger partial charge in [-0.3, -0.25) is 4.79 Å². The maximum Gasteiger partial charge on any atom is 0.271 e. The molecule has 0 unspecified atom stereocenters. The lowest BCUT2D eigenvalue weighted by Crippen LogP contribution is -2.34. The van der Waals surface area contributed by atoms with E-state index in [9.17, 15) is 4.79 Å². The van der Waals surface area contributed by atoms with Crippen molar-refractivity contribution >= 4 is 17.5 Å². The van der Waals surface area contributed by atoms with Crippen LogP contribution in [0, 0.1) is 0 Å². The number of hydrogen-bond acceptors (Lipinski definition) is 5. The maximum absolute atomic E-state index is 11.7. The van der Waals surface area contributed by atoms with Crippen molar-refractivity contribution in [2.24, 2.45) is 0 Å². The first-order valence-corrected chi connectivity index (χ1v) is 5.96. The SMILES string of the molecule is COCCN(C)CCNC(=O)c1ccc(Cl)nn1. The van der Waals surface area contributed by atoms with Crippen LogP contribution in [-0.2, 0) is 4.74 Å². The number of halogens is 1. The molecule has 0 radical (unpaired) electrons. The second-order valence-corrected chi connectivity index (χ2v) is 4.18. The van der Waals surface area contributed by atoms with Gasteiger partial charge in [0.05, 0.1) is 6.61 Å². The summed E-state index contributed by atoms with van der Waals surface area (Å²) >= 11 is 5.59. The third-order valence-electron chi connectivity index (χ3n) is 2.32. The standard InChI is InChI=1S/C11H17ClN4O2/c1-16(7-8-18-2)6-5-13-11(17)9-3-4-10(12)15-14-9/h3-4H,5-8H2,1-2H3,(H,13,17). The Kier molecular flexibility index (Phi) is 6.56. The monoisotopic (exact) mass is 272 g/mol. The van der Waals surface area contributed by atoms with E-state index in [0.29, 0.717) is 13.2 Å². The molecule has 0 aliphatic rings. The van der Waals surface area contributed by atoms with Crippen molar-refractivity contribution in [3.05, 3.63) is 23.0 Å². The minimum Gasteiger partial charge on any atom is -0.383 e. The number of rotatable bonds is 7. The van der Waals surface area contributed by atoms with E-state index in [0.717, 1.165) is 13.1 Å². The molecule has 1 rings (SSSR count). The lowest BCUT2D eigenvalue weighted by atomic mass is 10.3. The first-order chi connectivity index (χ1) is 8.63. The number of amides is 1. The van der Waals surface area contributed by atoms with Crippen molar-refractivity contribution in [2.45, 2.75) is 0 Å². The second kappa shape index (κ2) is 7.97. The van der Waals surface area contributed by atoms with E-state index in [-0.39, 0.29) is 16.8 Å². The summed E-state index contributed by atoms with van der Waals surface area (Å²) in [4.78, 5) is 13.7. The highest BCUT2D eigenvalue weighted by Gasteiger charge is 2.07. The fourth-order valence-electron chi connectivity index (χ4n) is 1.25. The second-order valence-electron chi connectivity index (χ2n) is 3.79. The quantitative estimate of drug-likeness (QED) is 0.780. The average molecular weight is 273 g/mol. The van der Waals surface area contributed by atoms with Crippen LogP contribution in [-0.4, -0.2) is 61.4 Å². The summed E-state index contributed by atoms with van der Waals surface area (Å²) in [5.41, 5.74) is 0.263. The zero-order chi connectivity index (χ0) is 13.4. The van der Waals surface area contributed by atoms with Gasteiger partial charge in [-0.05, 0) is 19.2 Å². The zero-order valence-electron chi connectivity index (χ0n) is 10.5. The lowest BCUT2D eigenvalue weighted by Gasteiger charge is -2.15. The largest absolute Gasteiger partial charge is 0.383 e. The smallest absolute Gasteiger partial charge is 0.271 e. The molecule has 0 aliphatic heterocycles. The number of carbonyl (C=O) groups is 1. The summed E-state index contributed by atoms with van der Waals surface area (Å²) < 4.78 is 4.96. The number of ether oxygens (including phenoxy) is 1. The van der Waals surface area contributed by atoms with Crippen LogP contribution < -0.4 is 5.32 Å². The number of aromatic nitrogens is 2.